The number of fused-ring (bicyclic) bond motifs is 1. The van der Waals surface area contributed by atoms with Crippen LogP contribution in [0.2, 0.25) is 5.02 Å². The number of carbonyl (C=O) groups is 1. The molecule has 0 saturated carbocycles. The maximum atomic E-state index is 12.0. The summed E-state index contributed by atoms with van der Waals surface area (Å²) < 4.78 is 0. The summed E-state index contributed by atoms with van der Waals surface area (Å²) in [5.41, 5.74) is 4.36. The van der Waals surface area contributed by atoms with Gasteiger partial charge >= 0.3 is 0 Å². The fourth-order valence-corrected chi connectivity index (χ4v) is 3.56. The van der Waals surface area contributed by atoms with E-state index in [0.29, 0.717) is 10.9 Å². The van der Waals surface area contributed by atoms with Gasteiger partial charge in [-0.3, -0.25) is 10.2 Å². The minimum Gasteiger partial charge on any atom is -0.354 e. The molecule has 0 unspecified atom stereocenters. The molecule has 1 aliphatic rings. The van der Waals surface area contributed by atoms with Gasteiger partial charge in [-0.05, 0) is 50.8 Å². The van der Waals surface area contributed by atoms with E-state index in [4.69, 9.17) is 17.4 Å². The highest BCUT2D eigenvalue weighted by molar-refractivity contribution is 6.30. The van der Waals surface area contributed by atoms with Crippen molar-refractivity contribution >= 4 is 23.2 Å². The third-order valence-electron chi connectivity index (χ3n) is 4.15. The van der Waals surface area contributed by atoms with E-state index >= 15 is 0 Å². The van der Waals surface area contributed by atoms with Gasteiger partial charge in [0.15, 0.2) is 0 Å². The first-order valence-electron chi connectivity index (χ1n) is 6.87. The van der Waals surface area contributed by atoms with Crippen LogP contribution in [0.5, 0.6) is 0 Å². The second-order valence-electron chi connectivity index (χ2n) is 6.18. The molecule has 1 heterocycles. The number of amides is 1. The number of rotatable bonds is 2. The number of hydrazine groups is 1. The van der Waals surface area contributed by atoms with Crippen molar-refractivity contribution in [3.05, 3.63) is 28.8 Å². The summed E-state index contributed by atoms with van der Waals surface area (Å²) in [6.07, 6.45) is 0.976. The van der Waals surface area contributed by atoms with E-state index in [1.807, 2.05) is 19.1 Å². The van der Waals surface area contributed by atoms with Crippen molar-refractivity contribution in [3.8, 4) is 0 Å². The fourth-order valence-electron chi connectivity index (χ4n) is 3.40. The quantitative estimate of drug-likeness (QED) is 0.501. The number of carbonyl (C=O) groups excluding carboxylic acids is 1. The molecule has 5 heteroatoms. The minimum atomic E-state index is -0.347. The SMILES string of the molecule is C[C@H]1CC(C)(C)N([C@@H](C)C(=O)NN)c2cc(Cl)ccc21. The Labute approximate surface area is 125 Å². The first-order chi connectivity index (χ1) is 9.27. The normalized spacial score (nSPS) is 22.1. The van der Waals surface area contributed by atoms with Gasteiger partial charge in [-0.15, -0.1) is 0 Å². The van der Waals surface area contributed by atoms with Gasteiger partial charge < -0.3 is 4.90 Å². The molecule has 1 aliphatic heterocycles. The van der Waals surface area contributed by atoms with Gasteiger partial charge in [-0.25, -0.2) is 5.84 Å². The number of anilines is 1. The molecule has 1 amide bonds. The summed E-state index contributed by atoms with van der Waals surface area (Å²) in [6.45, 7) is 8.37. The zero-order valence-corrected chi connectivity index (χ0v) is 13.2. The molecule has 20 heavy (non-hydrogen) atoms. The Kier molecular flexibility index (Phi) is 3.98. The number of halogens is 1. The number of benzene rings is 1. The van der Waals surface area contributed by atoms with Gasteiger partial charge in [0.25, 0.3) is 5.91 Å². The zero-order chi connectivity index (χ0) is 15.1. The van der Waals surface area contributed by atoms with Crippen LogP contribution in [0.4, 0.5) is 5.69 Å². The lowest BCUT2D eigenvalue weighted by Crippen LogP contribution is -2.58. The van der Waals surface area contributed by atoms with E-state index in [9.17, 15) is 4.79 Å². The minimum absolute atomic E-state index is 0.136. The molecule has 0 aromatic heterocycles. The summed E-state index contributed by atoms with van der Waals surface area (Å²) in [5, 5.41) is 0.680. The highest BCUT2D eigenvalue weighted by atomic mass is 35.5. The molecular formula is C15H22ClN3O. The average molecular weight is 296 g/mol. The van der Waals surface area contributed by atoms with E-state index in [2.05, 4.69) is 37.2 Å². The first-order valence-corrected chi connectivity index (χ1v) is 7.25. The Balaban J connectivity index is 2.56. The predicted octanol–water partition coefficient (Wildman–Crippen LogP) is 2.81. The number of nitrogens with zero attached hydrogens (tertiary/aromatic N) is 1. The van der Waals surface area contributed by atoms with Gasteiger partial charge in [0.05, 0.1) is 0 Å². The Bertz CT molecular complexity index is 530. The van der Waals surface area contributed by atoms with Crippen LogP contribution in [0.15, 0.2) is 18.2 Å². The number of nitrogens with one attached hydrogen (secondary N) is 1. The van der Waals surface area contributed by atoms with E-state index in [-0.39, 0.29) is 17.5 Å². The highest BCUT2D eigenvalue weighted by Gasteiger charge is 2.40. The maximum Gasteiger partial charge on any atom is 0.256 e. The lowest BCUT2D eigenvalue weighted by Gasteiger charge is -2.49. The Morgan fingerprint density at radius 1 is 1.55 bits per heavy atom. The fraction of sp³-hybridized carbons (Fsp3) is 0.533. The van der Waals surface area contributed by atoms with E-state index in [1.165, 1.54) is 5.56 Å². The molecule has 4 nitrogen and oxygen atoms in total. The molecular weight excluding hydrogens is 274 g/mol. The molecule has 0 radical (unpaired) electrons. The highest BCUT2D eigenvalue weighted by Crippen LogP contribution is 2.45. The van der Waals surface area contributed by atoms with Gasteiger partial charge in [0.2, 0.25) is 0 Å². The standard InChI is InChI=1S/C15H22ClN3O/c1-9-8-15(3,4)19(10(2)14(20)18-17)13-7-11(16)5-6-12(9)13/h5-7,9-10H,8,17H2,1-4H3,(H,18,20)/t9-,10-/m0/s1. The smallest absolute Gasteiger partial charge is 0.256 e. The van der Waals surface area contributed by atoms with Gasteiger partial charge in [0, 0.05) is 16.2 Å². The Morgan fingerprint density at radius 3 is 2.80 bits per heavy atom. The predicted molar refractivity (Wildman–Crippen MR) is 82.8 cm³/mol. The van der Waals surface area contributed by atoms with Crippen LogP contribution in [0.25, 0.3) is 0 Å². The van der Waals surface area contributed by atoms with Crippen LogP contribution in [0.3, 0.4) is 0 Å². The maximum absolute atomic E-state index is 12.0. The summed E-state index contributed by atoms with van der Waals surface area (Å²) in [5.74, 6) is 5.53. The summed E-state index contributed by atoms with van der Waals surface area (Å²) in [7, 11) is 0. The van der Waals surface area contributed by atoms with Crippen molar-refractivity contribution in [1.82, 2.24) is 5.43 Å². The van der Waals surface area contributed by atoms with Crippen LogP contribution >= 0.6 is 11.6 Å². The van der Waals surface area contributed by atoms with Crippen molar-refractivity contribution in [2.24, 2.45) is 5.84 Å². The molecule has 3 N–H and O–H groups in total. The van der Waals surface area contributed by atoms with Crippen molar-refractivity contribution in [2.45, 2.75) is 51.6 Å². The summed E-state index contributed by atoms with van der Waals surface area (Å²) >= 11 is 6.15. The largest absolute Gasteiger partial charge is 0.354 e. The van der Waals surface area contributed by atoms with Crippen molar-refractivity contribution in [1.29, 1.82) is 0 Å². The van der Waals surface area contributed by atoms with E-state index < -0.39 is 0 Å². The summed E-state index contributed by atoms with van der Waals surface area (Å²) in [4.78, 5) is 14.1. The molecule has 2 rings (SSSR count). The van der Waals surface area contributed by atoms with Crippen molar-refractivity contribution in [3.63, 3.8) is 0 Å². The molecule has 1 aromatic rings. The molecule has 0 spiro atoms. The molecule has 0 saturated heterocycles. The third-order valence-corrected chi connectivity index (χ3v) is 4.38. The average Bonchev–Trinajstić information content (AvgIpc) is 2.35. The molecule has 0 aliphatic carbocycles. The van der Waals surface area contributed by atoms with E-state index in [1.54, 1.807) is 0 Å². The molecule has 1 aromatic carbocycles. The Hall–Kier alpha value is -1.26. The van der Waals surface area contributed by atoms with Crippen LogP contribution in [0, 0.1) is 0 Å². The van der Waals surface area contributed by atoms with E-state index in [0.717, 1.165) is 12.1 Å². The zero-order valence-electron chi connectivity index (χ0n) is 12.4. The van der Waals surface area contributed by atoms with Gasteiger partial charge in [-0.2, -0.15) is 0 Å². The molecule has 0 fully saturated rings. The van der Waals surface area contributed by atoms with Crippen molar-refractivity contribution in [2.75, 3.05) is 4.90 Å². The number of hydrogen-bond donors (Lipinski definition) is 2. The molecule has 2 atom stereocenters. The topological polar surface area (TPSA) is 58.4 Å². The second-order valence-corrected chi connectivity index (χ2v) is 6.61. The Morgan fingerprint density at radius 2 is 2.20 bits per heavy atom. The van der Waals surface area contributed by atoms with Crippen LogP contribution in [-0.2, 0) is 4.79 Å². The van der Waals surface area contributed by atoms with Crippen LogP contribution < -0.4 is 16.2 Å². The van der Waals surface area contributed by atoms with Gasteiger partial charge in [0.1, 0.15) is 6.04 Å². The van der Waals surface area contributed by atoms with Crippen LogP contribution in [0.1, 0.15) is 45.6 Å². The lowest BCUT2D eigenvalue weighted by atomic mass is 9.79. The molecule has 110 valence electrons. The monoisotopic (exact) mass is 295 g/mol. The van der Waals surface area contributed by atoms with Gasteiger partial charge in [-0.1, -0.05) is 24.6 Å². The summed E-state index contributed by atoms with van der Waals surface area (Å²) in [6, 6.07) is 5.55. The van der Waals surface area contributed by atoms with Crippen LogP contribution in [-0.4, -0.2) is 17.5 Å². The third kappa shape index (κ3) is 2.50. The number of nitrogens with two attached hydrogens (primary N) is 1. The number of hydrogen-bond acceptors (Lipinski definition) is 3. The van der Waals surface area contributed by atoms with Crippen molar-refractivity contribution < 1.29 is 4.79 Å². The lowest BCUT2D eigenvalue weighted by molar-refractivity contribution is -0.122. The first kappa shape index (κ1) is 15.1. The second kappa shape index (κ2) is 5.26. The molecule has 0 bridgehead atoms.